The molecule has 3 rings (SSSR count). The molecule has 2 heterocycles. The number of hydrogen-bond donors (Lipinski definition) is 0. The van der Waals surface area contributed by atoms with E-state index in [1.165, 1.54) is 17.4 Å². The van der Waals surface area contributed by atoms with Crippen molar-refractivity contribution in [3.05, 3.63) is 64.2 Å². The number of thiophene rings is 1. The van der Waals surface area contributed by atoms with Crippen LogP contribution in [0, 0.1) is 11.3 Å². The van der Waals surface area contributed by atoms with Crippen molar-refractivity contribution < 1.29 is 14.1 Å². The molecule has 0 N–H and O–H groups in total. The van der Waals surface area contributed by atoms with E-state index in [2.05, 4.69) is 10.1 Å². The van der Waals surface area contributed by atoms with Crippen LogP contribution in [-0.4, -0.2) is 16.1 Å². The summed E-state index contributed by atoms with van der Waals surface area (Å²) in [5.41, 5.74) is 2.22. The van der Waals surface area contributed by atoms with Crippen molar-refractivity contribution in [2.45, 2.75) is 6.61 Å². The number of aromatic nitrogens is 2. The molecule has 24 heavy (non-hydrogen) atoms. The maximum atomic E-state index is 11.7. The largest absolute Gasteiger partial charge is 0.452 e. The Morgan fingerprint density at radius 1 is 1.33 bits per heavy atom. The Morgan fingerprint density at radius 2 is 2.17 bits per heavy atom. The Bertz CT molecular complexity index is 890. The fourth-order valence-corrected chi connectivity index (χ4v) is 2.47. The molecule has 118 valence electrons. The van der Waals surface area contributed by atoms with E-state index in [0.29, 0.717) is 11.4 Å². The topological polar surface area (TPSA) is 89.0 Å². The average Bonchev–Trinajstić information content (AvgIpc) is 3.29. The Balaban J connectivity index is 1.53. The van der Waals surface area contributed by atoms with Crippen molar-refractivity contribution in [1.82, 2.24) is 10.1 Å². The van der Waals surface area contributed by atoms with Crippen LogP contribution >= 0.6 is 11.3 Å². The molecule has 0 fully saturated rings. The molecule has 0 unspecified atom stereocenters. The maximum absolute atomic E-state index is 11.7. The van der Waals surface area contributed by atoms with Crippen LogP contribution in [0.1, 0.15) is 17.0 Å². The van der Waals surface area contributed by atoms with Gasteiger partial charge in [-0.15, -0.1) is 0 Å². The van der Waals surface area contributed by atoms with Gasteiger partial charge in [0.15, 0.2) is 6.61 Å². The van der Waals surface area contributed by atoms with Crippen LogP contribution in [-0.2, 0) is 16.1 Å². The van der Waals surface area contributed by atoms with E-state index in [0.717, 1.165) is 11.1 Å². The average molecular weight is 337 g/mol. The van der Waals surface area contributed by atoms with Crippen LogP contribution in [0.5, 0.6) is 0 Å². The first-order valence-electron chi connectivity index (χ1n) is 6.95. The lowest BCUT2D eigenvalue weighted by Gasteiger charge is -1.97. The summed E-state index contributed by atoms with van der Waals surface area (Å²) in [4.78, 5) is 15.9. The van der Waals surface area contributed by atoms with Gasteiger partial charge in [-0.25, -0.2) is 4.79 Å². The highest BCUT2D eigenvalue weighted by molar-refractivity contribution is 7.08. The monoisotopic (exact) mass is 337 g/mol. The molecule has 7 heteroatoms. The molecule has 3 aromatic rings. The Labute approximate surface area is 141 Å². The molecule has 0 bridgehead atoms. The molecule has 0 spiro atoms. The molecule has 2 aromatic heterocycles. The molecular formula is C17H11N3O3S. The number of carbonyl (C=O) groups excluding carboxylic acids is 1. The lowest BCUT2D eigenvalue weighted by molar-refractivity contribution is -0.139. The summed E-state index contributed by atoms with van der Waals surface area (Å²) in [6, 6.07) is 10.8. The van der Waals surface area contributed by atoms with Gasteiger partial charge in [0.1, 0.15) is 0 Å². The molecular weight excluding hydrogens is 326 g/mol. The number of esters is 1. The van der Waals surface area contributed by atoms with Crippen LogP contribution in [0.4, 0.5) is 0 Å². The first-order chi connectivity index (χ1) is 11.7. The van der Waals surface area contributed by atoms with E-state index in [9.17, 15) is 4.79 Å². The van der Waals surface area contributed by atoms with Gasteiger partial charge in [-0.1, -0.05) is 17.3 Å². The second kappa shape index (κ2) is 7.35. The number of ether oxygens (including phenoxy) is 1. The van der Waals surface area contributed by atoms with E-state index >= 15 is 0 Å². The molecule has 0 amide bonds. The van der Waals surface area contributed by atoms with Gasteiger partial charge in [-0.3, -0.25) is 0 Å². The number of benzene rings is 1. The highest BCUT2D eigenvalue weighted by Crippen LogP contribution is 2.18. The van der Waals surface area contributed by atoms with Gasteiger partial charge in [0.2, 0.25) is 5.82 Å². The summed E-state index contributed by atoms with van der Waals surface area (Å²) in [5, 5.41) is 16.4. The fourth-order valence-electron chi connectivity index (χ4n) is 1.84. The van der Waals surface area contributed by atoms with Crippen molar-refractivity contribution in [1.29, 1.82) is 5.26 Å². The van der Waals surface area contributed by atoms with Gasteiger partial charge in [-0.2, -0.15) is 21.6 Å². The smallest absolute Gasteiger partial charge is 0.331 e. The predicted octanol–water partition coefficient (Wildman–Crippen LogP) is 3.43. The van der Waals surface area contributed by atoms with Crippen molar-refractivity contribution in [2.24, 2.45) is 0 Å². The van der Waals surface area contributed by atoms with E-state index in [1.807, 2.05) is 22.9 Å². The first-order valence-corrected chi connectivity index (χ1v) is 7.89. The Hall–Kier alpha value is -3.24. The molecule has 1 aromatic carbocycles. The zero-order valence-corrected chi connectivity index (χ0v) is 13.2. The zero-order valence-electron chi connectivity index (χ0n) is 12.4. The van der Waals surface area contributed by atoms with E-state index in [4.69, 9.17) is 14.5 Å². The maximum Gasteiger partial charge on any atom is 0.331 e. The van der Waals surface area contributed by atoms with Crippen molar-refractivity contribution in [2.75, 3.05) is 0 Å². The van der Waals surface area contributed by atoms with Gasteiger partial charge in [0.25, 0.3) is 5.89 Å². The molecule has 0 aliphatic carbocycles. The molecule has 0 saturated heterocycles. The summed E-state index contributed by atoms with van der Waals surface area (Å²) in [6.45, 7) is -0.0896. The van der Waals surface area contributed by atoms with Gasteiger partial charge >= 0.3 is 5.97 Å². The standard InChI is InChI=1S/C17H11N3O3S/c18-9-13-3-1-12(2-4-13)5-6-16(21)22-10-15-19-17(20-23-15)14-7-8-24-11-14/h1-8,11H,10H2/b6-5+. The molecule has 0 atom stereocenters. The fraction of sp³-hybridized carbons (Fsp3) is 0.0588. The molecule has 0 saturated carbocycles. The number of nitrogens with zero attached hydrogens (tertiary/aromatic N) is 3. The molecule has 0 radical (unpaired) electrons. The third-order valence-electron chi connectivity index (χ3n) is 3.04. The van der Waals surface area contributed by atoms with E-state index in [1.54, 1.807) is 30.3 Å². The van der Waals surface area contributed by atoms with Crippen molar-refractivity contribution in [3.8, 4) is 17.5 Å². The predicted molar refractivity (Wildman–Crippen MR) is 87.6 cm³/mol. The van der Waals surface area contributed by atoms with Crippen LogP contribution in [0.25, 0.3) is 17.5 Å². The van der Waals surface area contributed by atoms with Crippen molar-refractivity contribution >= 4 is 23.4 Å². The summed E-state index contributed by atoms with van der Waals surface area (Å²) in [5.74, 6) is 0.182. The third-order valence-corrected chi connectivity index (χ3v) is 3.72. The van der Waals surface area contributed by atoms with Gasteiger partial charge in [0.05, 0.1) is 11.6 Å². The minimum Gasteiger partial charge on any atom is -0.452 e. The zero-order chi connectivity index (χ0) is 16.8. The van der Waals surface area contributed by atoms with Gasteiger partial charge < -0.3 is 9.26 Å². The highest BCUT2D eigenvalue weighted by Gasteiger charge is 2.10. The summed E-state index contributed by atoms with van der Waals surface area (Å²) in [7, 11) is 0. The summed E-state index contributed by atoms with van der Waals surface area (Å²) >= 11 is 1.53. The van der Waals surface area contributed by atoms with Gasteiger partial charge in [-0.05, 0) is 35.2 Å². The van der Waals surface area contributed by atoms with Crippen LogP contribution < -0.4 is 0 Å². The number of hydrogen-bond acceptors (Lipinski definition) is 7. The number of rotatable bonds is 5. The van der Waals surface area contributed by atoms with Crippen LogP contribution in [0.2, 0.25) is 0 Å². The quantitative estimate of drug-likeness (QED) is 0.523. The highest BCUT2D eigenvalue weighted by atomic mass is 32.1. The van der Waals surface area contributed by atoms with E-state index in [-0.39, 0.29) is 12.5 Å². The van der Waals surface area contributed by atoms with E-state index < -0.39 is 5.97 Å². The van der Waals surface area contributed by atoms with Crippen molar-refractivity contribution in [3.63, 3.8) is 0 Å². The summed E-state index contributed by atoms with van der Waals surface area (Å²) < 4.78 is 10.1. The first kappa shape index (κ1) is 15.6. The number of nitriles is 1. The number of carbonyl (C=O) groups is 1. The minimum absolute atomic E-state index is 0.0896. The molecule has 0 aliphatic rings. The second-order valence-corrected chi connectivity index (χ2v) is 5.48. The van der Waals surface area contributed by atoms with Crippen LogP contribution in [0.3, 0.4) is 0 Å². The minimum atomic E-state index is -0.519. The Morgan fingerprint density at radius 3 is 2.88 bits per heavy atom. The second-order valence-electron chi connectivity index (χ2n) is 4.70. The Kier molecular flexibility index (Phi) is 4.79. The normalized spacial score (nSPS) is 10.6. The summed E-state index contributed by atoms with van der Waals surface area (Å²) in [6.07, 6.45) is 2.91. The molecule has 6 nitrogen and oxygen atoms in total. The van der Waals surface area contributed by atoms with Crippen LogP contribution in [0.15, 0.2) is 51.7 Å². The molecule has 0 aliphatic heterocycles. The lowest BCUT2D eigenvalue weighted by atomic mass is 10.1. The van der Waals surface area contributed by atoms with Gasteiger partial charge in [0, 0.05) is 17.0 Å². The third kappa shape index (κ3) is 3.94. The lowest BCUT2D eigenvalue weighted by Crippen LogP contribution is -2.00. The SMILES string of the molecule is N#Cc1ccc(/C=C/C(=O)OCc2nc(-c3ccsc3)no2)cc1.